The van der Waals surface area contributed by atoms with Crippen molar-refractivity contribution in [2.24, 2.45) is 5.41 Å². The van der Waals surface area contributed by atoms with Crippen LogP contribution in [-0.4, -0.2) is 65.5 Å². The van der Waals surface area contributed by atoms with E-state index in [0.29, 0.717) is 44.5 Å². The number of piperidine rings is 1. The van der Waals surface area contributed by atoms with Crippen molar-refractivity contribution < 1.29 is 24.2 Å². The molecule has 0 aliphatic carbocycles. The van der Waals surface area contributed by atoms with Gasteiger partial charge in [-0.1, -0.05) is 0 Å². The van der Waals surface area contributed by atoms with Gasteiger partial charge >= 0.3 is 5.97 Å². The highest BCUT2D eigenvalue weighted by Crippen LogP contribution is 2.43. The number of nitrogens with zero attached hydrogens (tertiary/aromatic N) is 2. The molecule has 1 N–H and O–H groups in total. The molecule has 2 fully saturated rings. The number of hydrogen-bond acceptors (Lipinski definition) is 4. The summed E-state index contributed by atoms with van der Waals surface area (Å²) in [5.41, 5.74) is 1.32. The zero-order valence-corrected chi connectivity index (χ0v) is 16.0. The number of likely N-dealkylation sites (tertiary alicyclic amines) is 2. The molecule has 2 heterocycles. The van der Waals surface area contributed by atoms with E-state index in [1.807, 2.05) is 17.9 Å². The summed E-state index contributed by atoms with van der Waals surface area (Å²) in [7, 11) is 1.59. The van der Waals surface area contributed by atoms with E-state index < -0.39 is 12.0 Å². The van der Waals surface area contributed by atoms with Crippen LogP contribution in [0.5, 0.6) is 5.75 Å². The summed E-state index contributed by atoms with van der Waals surface area (Å²) < 4.78 is 5.19. The van der Waals surface area contributed by atoms with Gasteiger partial charge in [0, 0.05) is 32.1 Å². The number of ether oxygens (including phenoxy) is 1. The van der Waals surface area contributed by atoms with E-state index in [1.165, 1.54) is 11.8 Å². The van der Waals surface area contributed by atoms with E-state index >= 15 is 0 Å². The van der Waals surface area contributed by atoms with E-state index in [0.717, 1.165) is 11.3 Å². The van der Waals surface area contributed by atoms with Crippen LogP contribution in [0.25, 0.3) is 0 Å². The third-order valence-corrected chi connectivity index (χ3v) is 5.97. The fourth-order valence-electron chi connectivity index (χ4n) is 4.33. The second-order valence-corrected chi connectivity index (χ2v) is 7.68. The number of aliphatic carboxylic acids is 1. The summed E-state index contributed by atoms with van der Waals surface area (Å²) in [6, 6.07) is 4.66. The molecule has 1 atom stereocenters. The minimum Gasteiger partial charge on any atom is -0.497 e. The predicted octanol–water partition coefficient (Wildman–Crippen LogP) is 1.93. The van der Waals surface area contributed by atoms with Crippen LogP contribution in [0.4, 0.5) is 0 Å². The van der Waals surface area contributed by atoms with Crippen molar-refractivity contribution in [3.8, 4) is 5.75 Å². The number of hydrogen-bond donors (Lipinski definition) is 1. The summed E-state index contributed by atoms with van der Waals surface area (Å²) in [4.78, 5) is 39.5. The first-order valence-corrected chi connectivity index (χ1v) is 9.20. The molecule has 2 aliphatic rings. The molecule has 1 spiro atoms. The molecule has 0 bridgehead atoms. The third-order valence-electron chi connectivity index (χ3n) is 5.97. The van der Waals surface area contributed by atoms with Crippen LogP contribution in [0.15, 0.2) is 18.2 Å². The molecule has 7 heteroatoms. The maximum atomic E-state index is 12.9. The number of carbonyl (C=O) groups excluding carboxylic acids is 2. The molecule has 0 unspecified atom stereocenters. The minimum absolute atomic E-state index is 0.0128. The highest BCUT2D eigenvalue weighted by atomic mass is 16.5. The normalized spacial score (nSPS) is 21.4. The van der Waals surface area contributed by atoms with Crippen LogP contribution in [0, 0.1) is 12.3 Å². The Labute approximate surface area is 158 Å². The molecule has 0 aromatic heterocycles. The molecule has 1 aromatic carbocycles. The maximum absolute atomic E-state index is 12.9. The molecule has 0 radical (unpaired) electrons. The van der Waals surface area contributed by atoms with Crippen molar-refractivity contribution in [3.63, 3.8) is 0 Å². The summed E-state index contributed by atoms with van der Waals surface area (Å²) in [6.45, 7) is 4.91. The lowest BCUT2D eigenvalue weighted by Crippen LogP contribution is -2.44. The minimum atomic E-state index is -0.950. The first-order chi connectivity index (χ1) is 12.8. The van der Waals surface area contributed by atoms with Gasteiger partial charge in [0.25, 0.3) is 5.91 Å². The van der Waals surface area contributed by atoms with Gasteiger partial charge in [0.05, 0.1) is 7.11 Å². The van der Waals surface area contributed by atoms with E-state index in [1.54, 1.807) is 19.2 Å². The topological polar surface area (TPSA) is 87.2 Å². The van der Waals surface area contributed by atoms with Crippen LogP contribution in [-0.2, 0) is 9.59 Å². The van der Waals surface area contributed by atoms with Gasteiger partial charge in [-0.25, -0.2) is 4.79 Å². The van der Waals surface area contributed by atoms with Gasteiger partial charge in [-0.3, -0.25) is 9.59 Å². The lowest BCUT2D eigenvalue weighted by molar-refractivity contribution is -0.147. The Morgan fingerprint density at radius 3 is 2.37 bits per heavy atom. The van der Waals surface area contributed by atoms with Crippen molar-refractivity contribution in [2.45, 2.75) is 39.2 Å². The molecule has 146 valence electrons. The zero-order valence-electron chi connectivity index (χ0n) is 16.0. The smallest absolute Gasteiger partial charge is 0.326 e. The Morgan fingerprint density at radius 1 is 1.22 bits per heavy atom. The van der Waals surface area contributed by atoms with Crippen molar-refractivity contribution >= 4 is 17.8 Å². The monoisotopic (exact) mass is 374 g/mol. The predicted molar refractivity (Wildman–Crippen MR) is 98.7 cm³/mol. The van der Waals surface area contributed by atoms with Crippen molar-refractivity contribution in [1.82, 2.24) is 9.80 Å². The molecular weight excluding hydrogens is 348 g/mol. The Morgan fingerprint density at radius 2 is 1.89 bits per heavy atom. The Bertz CT molecular complexity index is 744. The summed E-state index contributed by atoms with van der Waals surface area (Å²) >= 11 is 0. The number of aryl methyl sites for hydroxylation is 1. The van der Waals surface area contributed by atoms with Gasteiger partial charge in [0.15, 0.2) is 0 Å². The molecule has 1 aromatic rings. The number of amides is 2. The number of carboxylic acids is 1. The van der Waals surface area contributed by atoms with E-state index in [4.69, 9.17) is 4.74 Å². The van der Waals surface area contributed by atoms with Crippen molar-refractivity contribution in [1.29, 1.82) is 0 Å². The molecule has 2 saturated heterocycles. The van der Waals surface area contributed by atoms with Crippen molar-refractivity contribution in [2.75, 3.05) is 26.7 Å². The van der Waals surface area contributed by atoms with Gasteiger partial charge in [-0.05, 0) is 55.4 Å². The number of rotatable bonds is 3. The van der Waals surface area contributed by atoms with Crippen LogP contribution < -0.4 is 4.74 Å². The number of carbonyl (C=O) groups is 3. The van der Waals surface area contributed by atoms with Gasteiger partial charge < -0.3 is 19.6 Å². The summed E-state index contributed by atoms with van der Waals surface area (Å²) in [6.07, 6.45) is 1.88. The molecule has 2 amide bonds. The van der Waals surface area contributed by atoms with Gasteiger partial charge in [0.1, 0.15) is 11.8 Å². The highest BCUT2D eigenvalue weighted by Gasteiger charge is 2.49. The number of carboxylic acid groups (broad SMARTS) is 1. The molecule has 27 heavy (non-hydrogen) atoms. The molecular formula is C20H26N2O5. The average molecular weight is 374 g/mol. The van der Waals surface area contributed by atoms with Crippen LogP contribution in [0.3, 0.4) is 0 Å². The van der Waals surface area contributed by atoms with Crippen molar-refractivity contribution in [3.05, 3.63) is 29.3 Å². The number of benzene rings is 1. The third kappa shape index (κ3) is 3.63. The maximum Gasteiger partial charge on any atom is 0.326 e. The van der Waals surface area contributed by atoms with Gasteiger partial charge in [-0.15, -0.1) is 0 Å². The first-order valence-electron chi connectivity index (χ1n) is 9.20. The molecule has 2 aliphatic heterocycles. The lowest BCUT2D eigenvalue weighted by atomic mass is 9.76. The molecule has 3 rings (SSSR count). The Balaban J connectivity index is 1.69. The van der Waals surface area contributed by atoms with Crippen LogP contribution >= 0.6 is 0 Å². The fraction of sp³-hybridized carbons (Fsp3) is 0.550. The van der Waals surface area contributed by atoms with Crippen LogP contribution in [0.2, 0.25) is 0 Å². The second kappa shape index (κ2) is 7.21. The number of methoxy groups -OCH3 is 1. The average Bonchev–Trinajstić information content (AvgIpc) is 3.01. The van der Waals surface area contributed by atoms with E-state index in [2.05, 4.69) is 0 Å². The SMILES string of the molecule is COc1ccc(C(=O)N2CCC3(CC2)C[C@H](C(=O)O)N(C(C)=O)C3)c(C)c1. The Kier molecular flexibility index (Phi) is 5.13. The largest absolute Gasteiger partial charge is 0.497 e. The zero-order chi connectivity index (χ0) is 19.8. The first kappa shape index (κ1) is 19.2. The molecule has 0 saturated carbocycles. The second-order valence-electron chi connectivity index (χ2n) is 7.68. The van der Waals surface area contributed by atoms with E-state index in [-0.39, 0.29) is 17.2 Å². The van der Waals surface area contributed by atoms with Gasteiger partial charge in [0.2, 0.25) is 5.91 Å². The van der Waals surface area contributed by atoms with Gasteiger partial charge in [-0.2, -0.15) is 0 Å². The highest BCUT2D eigenvalue weighted by molar-refractivity contribution is 5.96. The molecule has 7 nitrogen and oxygen atoms in total. The van der Waals surface area contributed by atoms with Crippen LogP contribution in [0.1, 0.15) is 42.1 Å². The summed E-state index contributed by atoms with van der Waals surface area (Å²) in [5, 5.41) is 9.44. The fourth-order valence-corrected chi connectivity index (χ4v) is 4.33. The quantitative estimate of drug-likeness (QED) is 0.874. The summed E-state index contributed by atoms with van der Waals surface area (Å²) in [5.74, 6) is -0.445. The standard InChI is InChI=1S/C20H26N2O5/c1-13-10-15(27-3)4-5-16(13)18(24)21-8-6-20(7-9-21)11-17(19(25)26)22(12-20)14(2)23/h4-5,10,17H,6-9,11-12H2,1-3H3,(H,25,26)/t17-/m1/s1. The Hall–Kier alpha value is -2.57. The lowest BCUT2D eigenvalue weighted by Gasteiger charge is -2.39. The van der Waals surface area contributed by atoms with E-state index in [9.17, 15) is 19.5 Å².